The summed E-state index contributed by atoms with van der Waals surface area (Å²) < 4.78 is 5.45. The van der Waals surface area contributed by atoms with Gasteiger partial charge in [-0.05, 0) is 181 Å². The van der Waals surface area contributed by atoms with Crippen LogP contribution in [0.15, 0.2) is 134 Å². The lowest BCUT2D eigenvalue weighted by Gasteiger charge is -2.11. The van der Waals surface area contributed by atoms with Gasteiger partial charge in [0.25, 0.3) is 0 Å². The molecule has 0 bridgehead atoms. The Balaban J connectivity index is 1.01. The Morgan fingerprint density at radius 2 is 0.696 bits per heavy atom. The van der Waals surface area contributed by atoms with Crippen LogP contribution in [-0.2, 0) is 0 Å². The highest BCUT2D eigenvalue weighted by Gasteiger charge is 2.17. The van der Waals surface area contributed by atoms with Crippen molar-refractivity contribution in [3.63, 3.8) is 0 Å². The van der Waals surface area contributed by atoms with E-state index in [-0.39, 0.29) is 0 Å². The van der Waals surface area contributed by atoms with Crippen LogP contribution in [0.4, 0.5) is 0 Å². The minimum atomic E-state index is 0.857. The zero-order valence-corrected chi connectivity index (χ0v) is 34.0. The van der Waals surface area contributed by atoms with Crippen molar-refractivity contribution < 1.29 is 0 Å². The molecule has 0 radical (unpaired) electrons. The highest BCUT2D eigenvalue weighted by atomic mass is 32.1. The molecule has 6 aromatic carbocycles. The number of nitrogens with zero attached hydrogens (tertiary/aromatic N) is 2. The number of hydrogen-bond donors (Lipinski definition) is 0. The van der Waals surface area contributed by atoms with E-state index < -0.39 is 0 Å². The average molecular weight is 757 g/mol. The number of benzene rings is 6. The van der Waals surface area contributed by atoms with Gasteiger partial charge in [-0.1, -0.05) is 59.7 Å². The third-order valence-corrected chi connectivity index (χ3v) is 13.9. The lowest BCUT2D eigenvalue weighted by Crippen LogP contribution is -1.90. The molecule has 0 aliphatic heterocycles. The first-order valence-electron chi connectivity index (χ1n) is 19.2. The molecular weight excluding hydrogens is 717 g/mol. The van der Waals surface area contributed by atoms with E-state index >= 15 is 0 Å². The van der Waals surface area contributed by atoms with Crippen molar-refractivity contribution in [1.29, 1.82) is 0 Å². The lowest BCUT2D eigenvalue weighted by molar-refractivity contribution is 1.25. The van der Waals surface area contributed by atoms with Crippen molar-refractivity contribution >= 4 is 63.0 Å². The highest BCUT2D eigenvalue weighted by Crippen LogP contribution is 2.45. The summed E-state index contributed by atoms with van der Waals surface area (Å²) in [6, 6.07) is 45.1. The predicted molar refractivity (Wildman–Crippen MR) is 243 cm³/mol. The molecule has 0 aliphatic rings. The van der Waals surface area contributed by atoms with Crippen molar-refractivity contribution in [1.82, 2.24) is 9.97 Å². The number of hydrogen-bond acceptors (Lipinski definition) is 4. The summed E-state index contributed by atoms with van der Waals surface area (Å²) in [6.45, 7) is 13.3. The SMILES string of the molecule is Cc1cc(C)c2sc3c(-c4cccc(-c5ccnc(-c6cc(-c7cccc(-c8cc(C)cc9c8sc8c(C)cc(C)cc89)c7)ccn6)c5)c4)cc(C)cc3c2c1. The van der Waals surface area contributed by atoms with E-state index in [1.165, 1.54) is 96.0 Å². The van der Waals surface area contributed by atoms with Gasteiger partial charge in [0.05, 0.1) is 11.4 Å². The van der Waals surface area contributed by atoms with Crippen molar-refractivity contribution in [3.05, 3.63) is 167 Å². The summed E-state index contributed by atoms with van der Waals surface area (Å²) >= 11 is 3.82. The molecule has 56 heavy (non-hydrogen) atoms. The second kappa shape index (κ2) is 13.4. The average Bonchev–Trinajstić information content (AvgIpc) is 3.76. The standard InChI is InChI=1S/C52H40N2S2/c1-29-17-33(5)49-43(21-29)45-23-31(3)19-41(51(45)55-49)39-11-7-9-35(25-39)37-13-15-53-47(27-37)48-28-38(14-16-54-48)36-10-8-12-40(26-36)42-20-32(4)24-46-44-22-30(2)18-34(6)50(44)56-52(42)46/h7-28H,1-6H3. The molecule has 0 spiro atoms. The van der Waals surface area contributed by atoms with Gasteiger partial charge in [-0.25, -0.2) is 0 Å². The minimum absolute atomic E-state index is 0.857. The number of fused-ring (bicyclic) bond motifs is 6. The molecule has 2 nitrogen and oxygen atoms in total. The van der Waals surface area contributed by atoms with Gasteiger partial charge < -0.3 is 0 Å². The predicted octanol–water partition coefficient (Wildman–Crippen LogP) is 15.4. The monoisotopic (exact) mass is 756 g/mol. The maximum Gasteiger partial charge on any atom is 0.0892 e. The zero-order chi connectivity index (χ0) is 38.2. The lowest BCUT2D eigenvalue weighted by atomic mass is 9.95. The maximum absolute atomic E-state index is 4.83. The van der Waals surface area contributed by atoms with Gasteiger partial charge in [0, 0.05) is 52.7 Å². The molecule has 270 valence electrons. The Labute approximate surface area is 335 Å². The van der Waals surface area contributed by atoms with E-state index in [0.717, 1.165) is 33.6 Å². The van der Waals surface area contributed by atoms with Crippen LogP contribution in [0.25, 0.3) is 96.2 Å². The van der Waals surface area contributed by atoms with Crippen molar-refractivity contribution in [2.45, 2.75) is 41.5 Å². The number of rotatable bonds is 5. The van der Waals surface area contributed by atoms with Crippen LogP contribution >= 0.6 is 22.7 Å². The molecule has 0 amide bonds. The van der Waals surface area contributed by atoms with Gasteiger partial charge in [-0.15, -0.1) is 22.7 Å². The van der Waals surface area contributed by atoms with E-state index in [2.05, 4.69) is 163 Å². The molecule has 0 unspecified atom stereocenters. The smallest absolute Gasteiger partial charge is 0.0892 e. The Kier molecular flexibility index (Phi) is 8.25. The normalized spacial score (nSPS) is 11.8. The summed E-state index contributed by atoms with van der Waals surface area (Å²) in [6.07, 6.45) is 3.82. The summed E-state index contributed by atoms with van der Waals surface area (Å²) in [5, 5.41) is 5.41. The molecule has 10 rings (SSSR count). The van der Waals surface area contributed by atoms with Crippen molar-refractivity contribution in [2.75, 3.05) is 0 Å². The van der Waals surface area contributed by atoms with E-state index in [1.54, 1.807) is 0 Å². The molecule has 4 aromatic heterocycles. The van der Waals surface area contributed by atoms with Crippen LogP contribution in [0.1, 0.15) is 33.4 Å². The summed E-state index contributed by atoms with van der Waals surface area (Å²) in [5.41, 5.74) is 19.2. The van der Waals surface area contributed by atoms with Crippen LogP contribution in [0.5, 0.6) is 0 Å². The van der Waals surface area contributed by atoms with E-state index in [1.807, 2.05) is 35.1 Å². The van der Waals surface area contributed by atoms with Gasteiger partial charge in [0.15, 0.2) is 0 Å². The molecule has 0 N–H and O–H groups in total. The first-order chi connectivity index (χ1) is 27.2. The number of aromatic nitrogens is 2. The van der Waals surface area contributed by atoms with E-state index in [9.17, 15) is 0 Å². The molecule has 4 heterocycles. The van der Waals surface area contributed by atoms with Gasteiger partial charge in [-0.2, -0.15) is 0 Å². The Hall–Kier alpha value is -5.94. The van der Waals surface area contributed by atoms with Crippen molar-refractivity contribution in [2.24, 2.45) is 0 Å². The maximum atomic E-state index is 4.83. The third kappa shape index (κ3) is 5.92. The van der Waals surface area contributed by atoms with E-state index in [4.69, 9.17) is 9.97 Å². The molecule has 10 aromatic rings. The van der Waals surface area contributed by atoms with E-state index in [0.29, 0.717) is 0 Å². The van der Waals surface area contributed by atoms with Crippen LogP contribution in [-0.4, -0.2) is 9.97 Å². The second-order valence-electron chi connectivity index (χ2n) is 15.5. The molecule has 4 heteroatoms. The summed E-state index contributed by atoms with van der Waals surface area (Å²) in [4.78, 5) is 9.65. The van der Waals surface area contributed by atoms with Crippen LogP contribution in [0, 0.1) is 41.5 Å². The Morgan fingerprint density at radius 3 is 1.12 bits per heavy atom. The van der Waals surface area contributed by atoms with Crippen molar-refractivity contribution in [3.8, 4) is 55.9 Å². The molecule has 0 atom stereocenters. The molecule has 0 fully saturated rings. The van der Waals surface area contributed by atoms with Crippen LogP contribution in [0.3, 0.4) is 0 Å². The molecular formula is C52H40N2S2. The topological polar surface area (TPSA) is 25.8 Å². The fourth-order valence-corrected chi connectivity index (χ4v) is 11.1. The minimum Gasteiger partial charge on any atom is -0.255 e. The Morgan fingerprint density at radius 1 is 0.339 bits per heavy atom. The van der Waals surface area contributed by atoms with Crippen LogP contribution < -0.4 is 0 Å². The van der Waals surface area contributed by atoms with Gasteiger partial charge in [0.2, 0.25) is 0 Å². The largest absolute Gasteiger partial charge is 0.255 e. The zero-order valence-electron chi connectivity index (χ0n) is 32.4. The third-order valence-electron chi connectivity index (χ3n) is 11.1. The number of pyridine rings is 2. The number of aryl methyl sites for hydroxylation is 6. The molecule has 0 saturated carbocycles. The van der Waals surface area contributed by atoms with Gasteiger partial charge in [0.1, 0.15) is 0 Å². The van der Waals surface area contributed by atoms with Gasteiger partial charge >= 0.3 is 0 Å². The molecule has 0 aliphatic carbocycles. The molecule has 0 saturated heterocycles. The first-order valence-corrected chi connectivity index (χ1v) is 20.8. The summed E-state index contributed by atoms with van der Waals surface area (Å²) in [7, 11) is 0. The van der Waals surface area contributed by atoms with Crippen LogP contribution in [0.2, 0.25) is 0 Å². The second-order valence-corrected chi connectivity index (χ2v) is 17.6. The number of thiophene rings is 2. The summed E-state index contributed by atoms with van der Waals surface area (Å²) in [5.74, 6) is 0. The fourth-order valence-electron chi connectivity index (χ4n) is 8.61. The highest BCUT2D eigenvalue weighted by molar-refractivity contribution is 7.27. The quantitative estimate of drug-likeness (QED) is 0.175. The fraction of sp³-hybridized carbons (Fsp3) is 0.115. The first kappa shape index (κ1) is 34.5. The van der Waals surface area contributed by atoms with Gasteiger partial charge in [-0.3, -0.25) is 9.97 Å². The Bertz CT molecular complexity index is 3000.